The number of thiazole rings is 1. The number of nitrogens with one attached hydrogen (secondary N) is 2. The highest BCUT2D eigenvalue weighted by Crippen LogP contribution is 2.40. The summed E-state index contributed by atoms with van der Waals surface area (Å²) in [6, 6.07) is 4.41. The lowest BCUT2D eigenvalue weighted by molar-refractivity contribution is -0.274. The zero-order chi connectivity index (χ0) is 26.3. The number of nitrogens with zero attached hydrogens (tertiary/aromatic N) is 2. The first-order valence-corrected chi connectivity index (χ1v) is 13.2. The van der Waals surface area contributed by atoms with Gasteiger partial charge in [0.15, 0.2) is 15.1 Å². The fourth-order valence-corrected chi connectivity index (χ4v) is 5.84. The van der Waals surface area contributed by atoms with Gasteiger partial charge in [-0.25, -0.2) is 18.4 Å². The van der Waals surface area contributed by atoms with E-state index in [1.165, 1.54) is 12.1 Å². The molecule has 36 heavy (non-hydrogen) atoms. The first-order chi connectivity index (χ1) is 16.8. The highest BCUT2D eigenvalue weighted by molar-refractivity contribution is 7.91. The molecule has 1 unspecified atom stereocenters. The lowest BCUT2D eigenvalue weighted by atomic mass is 10.1. The van der Waals surface area contributed by atoms with E-state index >= 15 is 0 Å². The number of hydrogen-bond acceptors (Lipinski definition) is 8. The number of amides is 2. The van der Waals surface area contributed by atoms with Gasteiger partial charge in [0, 0.05) is 35.7 Å². The van der Waals surface area contributed by atoms with Crippen LogP contribution in [0.4, 0.5) is 17.6 Å². The van der Waals surface area contributed by atoms with Crippen LogP contribution >= 0.6 is 11.3 Å². The highest BCUT2D eigenvalue weighted by atomic mass is 32.2. The van der Waals surface area contributed by atoms with Crippen molar-refractivity contribution in [2.75, 3.05) is 12.8 Å². The van der Waals surface area contributed by atoms with Gasteiger partial charge in [0.1, 0.15) is 10.8 Å². The number of pyridine rings is 1. The van der Waals surface area contributed by atoms with E-state index in [1.807, 2.05) is 0 Å². The van der Waals surface area contributed by atoms with Crippen LogP contribution < -0.4 is 15.4 Å². The van der Waals surface area contributed by atoms with Gasteiger partial charge in [0.2, 0.25) is 17.8 Å². The molecular weight excluding hydrogens is 528 g/mol. The number of aromatic nitrogens is 2. The first kappa shape index (κ1) is 25.8. The topological polar surface area (TPSA) is 127 Å². The van der Waals surface area contributed by atoms with Crippen molar-refractivity contribution in [3.05, 3.63) is 41.4 Å². The second-order valence-corrected chi connectivity index (χ2v) is 11.2. The van der Waals surface area contributed by atoms with Gasteiger partial charge in [-0.05, 0) is 31.0 Å². The first-order valence-electron chi connectivity index (χ1n) is 10.4. The SMILES string of the molecule is CS(=O)(=O)C(C(=O)NCC(=O)NC1CC1)c1nc2cc(OC(F)(F)F)c(-c3ccc(F)nc3)cc2s1. The highest BCUT2D eigenvalue weighted by Gasteiger charge is 2.36. The Kier molecular flexibility index (Phi) is 6.88. The number of fused-ring (bicyclic) bond motifs is 1. The normalized spacial score (nSPS) is 14.9. The molecule has 0 saturated heterocycles. The van der Waals surface area contributed by atoms with E-state index < -0.39 is 51.5 Å². The van der Waals surface area contributed by atoms with Gasteiger partial charge in [-0.1, -0.05) is 0 Å². The Hall–Kier alpha value is -3.33. The van der Waals surface area contributed by atoms with E-state index in [1.54, 1.807) is 0 Å². The van der Waals surface area contributed by atoms with E-state index in [0.29, 0.717) is 0 Å². The molecule has 4 rings (SSSR count). The van der Waals surface area contributed by atoms with Crippen LogP contribution in [0, 0.1) is 5.95 Å². The number of hydrogen-bond donors (Lipinski definition) is 2. The van der Waals surface area contributed by atoms with Crippen LogP contribution in [0.5, 0.6) is 5.75 Å². The summed E-state index contributed by atoms with van der Waals surface area (Å²) in [5.41, 5.74) is -0.0489. The number of ether oxygens (including phenoxy) is 1. The fraction of sp³-hybridized carbons (Fsp3) is 0.333. The van der Waals surface area contributed by atoms with Crippen molar-refractivity contribution in [1.29, 1.82) is 0 Å². The number of benzene rings is 1. The summed E-state index contributed by atoms with van der Waals surface area (Å²) in [6.45, 7) is -0.447. The second kappa shape index (κ2) is 9.61. The largest absolute Gasteiger partial charge is 0.573 e. The third kappa shape index (κ3) is 6.26. The number of rotatable bonds is 8. The Morgan fingerprint density at radius 2 is 1.97 bits per heavy atom. The fourth-order valence-electron chi connectivity index (χ4n) is 3.31. The Balaban J connectivity index is 1.71. The monoisotopic (exact) mass is 546 g/mol. The molecule has 9 nitrogen and oxygen atoms in total. The molecule has 1 fully saturated rings. The average molecular weight is 547 g/mol. The van der Waals surface area contributed by atoms with Crippen molar-refractivity contribution in [3.63, 3.8) is 0 Å². The van der Waals surface area contributed by atoms with Gasteiger partial charge in [0.25, 0.3) is 0 Å². The van der Waals surface area contributed by atoms with Crippen molar-refractivity contribution >= 4 is 43.2 Å². The molecular formula is C21H18F4N4O5S2. The molecule has 15 heteroatoms. The van der Waals surface area contributed by atoms with Crippen molar-refractivity contribution < 1.29 is 40.3 Å². The molecule has 1 aromatic carbocycles. The summed E-state index contributed by atoms with van der Waals surface area (Å²) >= 11 is 0.771. The van der Waals surface area contributed by atoms with Crippen LogP contribution in [0.1, 0.15) is 23.1 Å². The van der Waals surface area contributed by atoms with Gasteiger partial charge in [-0.2, -0.15) is 4.39 Å². The molecule has 2 heterocycles. The molecule has 1 aliphatic carbocycles. The molecule has 0 radical (unpaired) electrons. The zero-order valence-electron chi connectivity index (χ0n) is 18.4. The lowest BCUT2D eigenvalue weighted by Gasteiger charge is -2.13. The summed E-state index contributed by atoms with van der Waals surface area (Å²) in [4.78, 5) is 32.1. The number of carbonyl (C=O) groups is 2. The second-order valence-electron chi connectivity index (χ2n) is 8.05. The van der Waals surface area contributed by atoms with Crippen LogP contribution in [-0.2, 0) is 19.4 Å². The van der Waals surface area contributed by atoms with Crippen LogP contribution in [0.25, 0.3) is 21.3 Å². The van der Waals surface area contributed by atoms with Gasteiger partial charge in [-0.3, -0.25) is 9.59 Å². The lowest BCUT2D eigenvalue weighted by Crippen LogP contribution is -2.41. The molecule has 0 spiro atoms. The quantitative estimate of drug-likeness (QED) is 0.329. The van der Waals surface area contributed by atoms with Crippen LogP contribution in [0.15, 0.2) is 30.5 Å². The maximum absolute atomic E-state index is 13.2. The molecule has 3 aromatic rings. The summed E-state index contributed by atoms with van der Waals surface area (Å²) in [6.07, 6.45) is -1.59. The number of carbonyl (C=O) groups excluding carboxylic acids is 2. The minimum Gasteiger partial charge on any atom is -0.405 e. The molecule has 1 atom stereocenters. The van der Waals surface area contributed by atoms with Crippen LogP contribution in [-0.4, -0.2) is 55.4 Å². The molecule has 2 amide bonds. The van der Waals surface area contributed by atoms with E-state index in [9.17, 15) is 35.6 Å². The summed E-state index contributed by atoms with van der Waals surface area (Å²) in [5, 5.41) is 2.91. The summed E-state index contributed by atoms with van der Waals surface area (Å²) < 4.78 is 81.6. The third-order valence-electron chi connectivity index (χ3n) is 5.03. The predicted molar refractivity (Wildman–Crippen MR) is 121 cm³/mol. The van der Waals surface area contributed by atoms with E-state index in [2.05, 4.69) is 25.3 Å². The van der Waals surface area contributed by atoms with Crippen LogP contribution in [0.2, 0.25) is 0 Å². The predicted octanol–water partition coefficient (Wildman–Crippen LogP) is 2.88. The number of halogens is 4. The zero-order valence-corrected chi connectivity index (χ0v) is 20.1. The van der Waals surface area contributed by atoms with E-state index in [0.717, 1.165) is 48.8 Å². The minimum absolute atomic E-state index is 0.0444. The average Bonchev–Trinajstić information content (AvgIpc) is 3.47. The number of alkyl halides is 3. The van der Waals surface area contributed by atoms with Gasteiger partial charge >= 0.3 is 6.36 Å². The van der Waals surface area contributed by atoms with Gasteiger partial charge in [0.05, 0.1) is 16.8 Å². The van der Waals surface area contributed by atoms with Crippen molar-refractivity contribution in [2.24, 2.45) is 0 Å². The molecule has 192 valence electrons. The van der Waals surface area contributed by atoms with E-state index in [4.69, 9.17) is 0 Å². The molecule has 0 aliphatic heterocycles. The molecule has 1 aliphatic rings. The Morgan fingerprint density at radius 3 is 2.56 bits per heavy atom. The van der Waals surface area contributed by atoms with Crippen molar-refractivity contribution in [2.45, 2.75) is 30.5 Å². The maximum atomic E-state index is 13.2. The van der Waals surface area contributed by atoms with Gasteiger partial charge in [-0.15, -0.1) is 24.5 Å². The smallest absolute Gasteiger partial charge is 0.405 e. The molecule has 2 aromatic heterocycles. The van der Waals surface area contributed by atoms with Crippen molar-refractivity contribution in [3.8, 4) is 16.9 Å². The maximum Gasteiger partial charge on any atom is 0.573 e. The van der Waals surface area contributed by atoms with Crippen molar-refractivity contribution in [1.82, 2.24) is 20.6 Å². The molecule has 1 saturated carbocycles. The standard InChI is InChI=1S/C21H18F4N4O5S2/c1-36(32,33)18(19(31)27-9-17(30)28-11-3-4-11)20-29-13-7-14(34-21(23,24)25)12(6-15(13)35-20)10-2-5-16(22)26-8-10/h2,5-8,11,18H,3-4,9H2,1H3,(H,27,31)(H,28,30). The van der Waals surface area contributed by atoms with E-state index in [-0.39, 0.29) is 32.4 Å². The Labute approximate surface area is 205 Å². The molecule has 2 N–H and O–H groups in total. The third-order valence-corrected chi connectivity index (χ3v) is 7.55. The Morgan fingerprint density at radius 1 is 1.25 bits per heavy atom. The molecule has 0 bridgehead atoms. The summed E-state index contributed by atoms with van der Waals surface area (Å²) in [7, 11) is -4.09. The van der Waals surface area contributed by atoms with Gasteiger partial charge < -0.3 is 15.4 Å². The Bertz CT molecular complexity index is 1420. The minimum atomic E-state index is -5.06. The number of sulfone groups is 1. The summed E-state index contributed by atoms with van der Waals surface area (Å²) in [5.74, 6) is -2.99. The van der Waals surface area contributed by atoms with Crippen LogP contribution in [0.3, 0.4) is 0 Å².